The van der Waals surface area contributed by atoms with Gasteiger partial charge in [-0.3, -0.25) is 9.59 Å². The first kappa shape index (κ1) is 11.5. The summed E-state index contributed by atoms with van der Waals surface area (Å²) < 4.78 is 0. The molecule has 0 radical (unpaired) electrons. The third kappa shape index (κ3) is 1.61. The highest BCUT2D eigenvalue weighted by atomic mass is 16.3. The van der Waals surface area contributed by atoms with Gasteiger partial charge in [-0.2, -0.15) is 0 Å². The monoisotopic (exact) mass is 253 g/mol. The van der Waals surface area contributed by atoms with E-state index >= 15 is 0 Å². The first-order valence-corrected chi connectivity index (χ1v) is 5.84. The zero-order valence-electron chi connectivity index (χ0n) is 10.3. The minimum Gasteiger partial charge on any atom is -0.504 e. The Labute approximate surface area is 109 Å². The molecular formula is C15H11NO3. The lowest BCUT2D eigenvalue weighted by Gasteiger charge is -2.23. The molecule has 0 unspecified atom stereocenters. The van der Waals surface area contributed by atoms with Crippen molar-refractivity contribution in [3.8, 4) is 5.75 Å². The molecular weight excluding hydrogens is 242 g/mol. The van der Waals surface area contributed by atoms with Crippen LogP contribution in [0.3, 0.4) is 0 Å². The van der Waals surface area contributed by atoms with E-state index in [9.17, 15) is 14.7 Å². The van der Waals surface area contributed by atoms with Crippen molar-refractivity contribution in [2.75, 3.05) is 11.9 Å². The number of nitrogens with zero attached hydrogens (tertiary/aromatic N) is 1. The molecule has 0 aliphatic carbocycles. The van der Waals surface area contributed by atoms with E-state index in [0.29, 0.717) is 0 Å². The van der Waals surface area contributed by atoms with E-state index in [0.717, 1.165) is 16.8 Å². The standard InChI is InChI=1S/C15H11NO3/c1-16-7-6-9(10-4-2-3-5-12(10)16)8-11-13(17)15(19)14(11)18/h2-8,17H,1H3. The zero-order chi connectivity index (χ0) is 13.6. The van der Waals surface area contributed by atoms with Crippen molar-refractivity contribution in [3.05, 3.63) is 68.1 Å². The van der Waals surface area contributed by atoms with Crippen molar-refractivity contribution in [2.24, 2.45) is 0 Å². The van der Waals surface area contributed by atoms with Crippen molar-refractivity contribution in [1.82, 2.24) is 0 Å². The van der Waals surface area contributed by atoms with Gasteiger partial charge in [-0.05, 0) is 23.8 Å². The van der Waals surface area contributed by atoms with E-state index in [1.54, 1.807) is 6.08 Å². The predicted octanol–water partition coefficient (Wildman–Crippen LogP) is 1.49. The highest BCUT2D eigenvalue weighted by molar-refractivity contribution is 5.95. The second-order valence-corrected chi connectivity index (χ2v) is 4.46. The van der Waals surface area contributed by atoms with Gasteiger partial charge in [0.05, 0.1) is 5.56 Å². The van der Waals surface area contributed by atoms with Crippen LogP contribution >= 0.6 is 0 Å². The Morgan fingerprint density at radius 2 is 1.89 bits per heavy atom. The number of aromatic hydroxyl groups is 1. The molecule has 2 aromatic rings. The smallest absolute Gasteiger partial charge is 0.268 e. The van der Waals surface area contributed by atoms with Gasteiger partial charge in [0.2, 0.25) is 5.43 Å². The first-order valence-electron chi connectivity index (χ1n) is 5.84. The van der Waals surface area contributed by atoms with Gasteiger partial charge in [0.1, 0.15) is 0 Å². The summed E-state index contributed by atoms with van der Waals surface area (Å²) in [7, 11) is 1.93. The summed E-state index contributed by atoms with van der Waals surface area (Å²) in [5, 5.41) is 9.41. The number of rotatable bonds is 1. The predicted molar refractivity (Wildman–Crippen MR) is 74.9 cm³/mol. The fourth-order valence-electron chi connectivity index (χ4n) is 2.20. The first-order chi connectivity index (χ1) is 9.09. The number of hydrogen-bond acceptors (Lipinski definition) is 4. The molecule has 3 rings (SSSR count). The molecule has 1 aliphatic rings. The summed E-state index contributed by atoms with van der Waals surface area (Å²) in [6, 6.07) is 7.74. The van der Waals surface area contributed by atoms with E-state index in [1.807, 2.05) is 48.5 Å². The fourth-order valence-corrected chi connectivity index (χ4v) is 2.20. The minimum absolute atomic E-state index is 0.0870. The highest BCUT2D eigenvalue weighted by Crippen LogP contribution is 2.33. The normalized spacial score (nSPS) is 16.1. The van der Waals surface area contributed by atoms with Gasteiger partial charge in [-0.1, -0.05) is 18.2 Å². The van der Waals surface area contributed by atoms with Crippen molar-refractivity contribution >= 4 is 17.3 Å². The Balaban J connectivity index is 2.15. The topological polar surface area (TPSA) is 57.6 Å². The Morgan fingerprint density at radius 1 is 1.16 bits per heavy atom. The Kier molecular flexibility index (Phi) is 2.38. The molecule has 0 spiro atoms. The third-order valence-electron chi connectivity index (χ3n) is 3.29. The van der Waals surface area contributed by atoms with Gasteiger partial charge in [0.25, 0.3) is 5.43 Å². The minimum atomic E-state index is -0.808. The molecule has 0 atom stereocenters. The summed E-state index contributed by atoms with van der Waals surface area (Å²) in [4.78, 5) is 24.3. The quantitative estimate of drug-likeness (QED) is 0.782. The maximum Gasteiger partial charge on any atom is 0.268 e. The van der Waals surface area contributed by atoms with Crippen LogP contribution in [-0.2, 0) is 0 Å². The average Bonchev–Trinajstić information content (AvgIpc) is 2.46. The molecule has 0 amide bonds. The highest BCUT2D eigenvalue weighted by Gasteiger charge is 2.20. The van der Waals surface area contributed by atoms with Gasteiger partial charge in [0.15, 0.2) is 5.75 Å². The zero-order valence-corrected chi connectivity index (χ0v) is 10.3. The Bertz CT molecular complexity index is 792. The van der Waals surface area contributed by atoms with Crippen LogP contribution in [0, 0.1) is 0 Å². The maximum absolute atomic E-state index is 11.4. The van der Waals surface area contributed by atoms with Crippen LogP contribution in [0.25, 0.3) is 11.6 Å². The molecule has 0 fully saturated rings. The number of benzene rings is 1. The third-order valence-corrected chi connectivity index (χ3v) is 3.29. The van der Waals surface area contributed by atoms with Gasteiger partial charge < -0.3 is 10.0 Å². The lowest BCUT2D eigenvalue weighted by atomic mass is 9.96. The Morgan fingerprint density at radius 3 is 2.63 bits per heavy atom. The van der Waals surface area contributed by atoms with Crippen LogP contribution in [0.5, 0.6) is 5.75 Å². The number of anilines is 1. The van der Waals surface area contributed by atoms with Crippen LogP contribution < -0.4 is 15.8 Å². The van der Waals surface area contributed by atoms with Crippen LogP contribution in [0.15, 0.2) is 46.1 Å². The summed E-state index contributed by atoms with van der Waals surface area (Å²) in [5.41, 5.74) is 1.42. The van der Waals surface area contributed by atoms with Crippen LogP contribution in [-0.4, -0.2) is 12.2 Å². The van der Waals surface area contributed by atoms with E-state index in [-0.39, 0.29) is 5.56 Å². The fraction of sp³-hybridized carbons (Fsp3) is 0.0667. The number of para-hydroxylation sites is 1. The summed E-state index contributed by atoms with van der Waals surface area (Å²) >= 11 is 0. The molecule has 4 nitrogen and oxygen atoms in total. The molecule has 0 saturated carbocycles. The van der Waals surface area contributed by atoms with Gasteiger partial charge in [0, 0.05) is 24.5 Å². The Hall–Kier alpha value is -2.62. The van der Waals surface area contributed by atoms with Crippen molar-refractivity contribution in [3.63, 3.8) is 0 Å². The maximum atomic E-state index is 11.4. The van der Waals surface area contributed by atoms with Gasteiger partial charge >= 0.3 is 0 Å². The average molecular weight is 253 g/mol. The van der Waals surface area contributed by atoms with E-state index in [1.165, 1.54) is 0 Å². The second-order valence-electron chi connectivity index (χ2n) is 4.46. The molecule has 1 N–H and O–H groups in total. The SMILES string of the molecule is CN1C=CC(=Cc2c(O)c(=O)c2=O)c2ccccc21. The van der Waals surface area contributed by atoms with Crippen LogP contribution in [0.4, 0.5) is 5.69 Å². The molecule has 0 saturated heterocycles. The largest absolute Gasteiger partial charge is 0.504 e. The molecule has 1 aliphatic heterocycles. The summed E-state index contributed by atoms with van der Waals surface area (Å²) in [6.45, 7) is 0. The van der Waals surface area contributed by atoms with E-state index < -0.39 is 16.6 Å². The lowest BCUT2D eigenvalue weighted by Crippen LogP contribution is -2.32. The molecule has 4 heteroatoms. The number of fused-ring (bicyclic) bond motifs is 1. The van der Waals surface area contributed by atoms with E-state index in [2.05, 4.69) is 0 Å². The molecule has 0 aromatic heterocycles. The second kappa shape index (κ2) is 3.95. The van der Waals surface area contributed by atoms with Gasteiger partial charge in [-0.15, -0.1) is 0 Å². The van der Waals surface area contributed by atoms with Crippen molar-refractivity contribution < 1.29 is 5.11 Å². The van der Waals surface area contributed by atoms with Gasteiger partial charge in [-0.25, -0.2) is 0 Å². The van der Waals surface area contributed by atoms with E-state index in [4.69, 9.17) is 0 Å². The molecule has 94 valence electrons. The molecule has 19 heavy (non-hydrogen) atoms. The van der Waals surface area contributed by atoms with Crippen molar-refractivity contribution in [1.29, 1.82) is 0 Å². The summed E-state index contributed by atoms with van der Waals surface area (Å²) in [6.07, 6.45) is 5.27. The lowest BCUT2D eigenvalue weighted by molar-refractivity contribution is 0.461. The van der Waals surface area contributed by atoms with Crippen molar-refractivity contribution in [2.45, 2.75) is 0 Å². The number of allylic oxidation sites excluding steroid dienone is 2. The number of hydrogen-bond donors (Lipinski definition) is 1. The molecule has 0 bridgehead atoms. The molecule has 1 heterocycles. The summed E-state index contributed by atoms with van der Waals surface area (Å²) in [5.74, 6) is -0.442. The van der Waals surface area contributed by atoms with Crippen LogP contribution in [0.2, 0.25) is 0 Å². The van der Waals surface area contributed by atoms with Crippen LogP contribution in [0.1, 0.15) is 11.1 Å². The molecule has 2 aromatic carbocycles.